The number of hydrogen-bond acceptors (Lipinski definition) is 6. The molecule has 1 saturated heterocycles. The maximum atomic E-state index is 12.9. The fourth-order valence-electron chi connectivity index (χ4n) is 4.03. The molecule has 0 saturated carbocycles. The average Bonchev–Trinajstić information content (AvgIpc) is 2.80. The number of amides is 1. The van der Waals surface area contributed by atoms with Crippen LogP contribution in [-0.4, -0.2) is 57.6 Å². The van der Waals surface area contributed by atoms with E-state index < -0.39 is 10.0 Å². The van der Waals surface area contributed by atoms with Crippen LogP contribution in [0.5, 0.6) is 0 Å². The van der Waals surface area contributed by atoms with Crippen LogP contribution < -0.4 is 5.32 Å². The molecule has 2 aromatic carbocycles. The number of carbonyl (C=O) groups excluding carboxylic acids is 2. The normalized spacial score (nSPS) is 15.7. The molecule has 8 nitrogen and oxygen atoms in total. The fraction of sp³-hybridized carbons (Fsp3) is 0.400. The molecule has 1 aliphatic rings. The van der Waals surface area contributed by atoms with Crippen LogP contribution in [-0.2, 0) is 19.6 Å². The van der Waals surface area contributed by atoms with Gasteiger partial charge < -0.3 is 10.1 Å². The number of nitrogens with one attached hydrogen (secondary N) is 1. The lowest BCUT2D eigenvalue weighted by Crippen LogP contribution is -2.39. The summed E-state index contributed by atoms with van der Waals surface area (Å²) in [7, 11) is -2.52. The first-order valence-electron chi connectivity index (χ1n) is 11.2. The van der Waals surface area contributed by atoms with Crippen molar-refractivity contribution >= 4 is 33.3 Å². The number of ether oxygens (including phenoxy) is 1. The zero-order valence-corrected chi connectivity index (χ0v) is 20.8. The summed E-state index contributed by atoms with van der Waals surface area (Å²) in [6.07, 6.45) is 1.45. The highest BCUT2D eigenvalue weighted by Gasteiger charge is 2.25. The maximum absolute atomic E-state index is 12.9. The third-order valence-corrected chi connectivity index (χ3v) is 7.53. The largest absolute Gasteiger partial charge is 0.468 e. The lowest BCUT2D eigenvalue weighted by Gasteiger charge is -2.30. The summed E-state index contributed by atoms with van der Waals surface area (Å²) in [5.41, 5.74) is 3.17. The molecule has 0 spiro atoms. The van der Waals surface area contributed by atoms with E-state index in [0.29, 0.717) is 35.6 Å². The van der Waals surface area contributed by atoms with E-state index in [2.05, 4.69) is 9.71 Å². The number of esters is 1. The van der Waals surface area contributed by atoms with E-state index in [1.165, 1.54) is 19.2 Å². The molecule has 1 fully saturated rings. The van der Waals surface area contributed by atoms with Gasteiger partial charge in [-0.1, -0.05) is 18.2 Å². The van der Waals surface area contributed by atoms with Gasteiger partial charge in [-0.15, -0.1) is 0 Å². The molecule has 0 aliphatic carbocycles. The smallest absolute Gasteiger partial charge is 0.319 e. The monoisotopic (exact) mass is 485 g/mol. The molecule has 1 aliphatic heterocycles. The third-order valence-electron chi connectivity index (χ3n) is 6.16. The van der Waals surface area contributed by atoms with Crippen molar-refractivity contribution in [2.24, 2.45) is 10.3 Å². The van der Waals surface area contributed by atoms with E-state index in [1.54, 1.807) is 32.0 Å². The maximum Gasteiger partial charge on any atom is 0.319 e. The predicted molar refractivity (Wildman–Crippen MR) is 132 cm³/mol. The van der Waals surface area contributed by atoms with Crippen LogP contribution in [0, 0.1) is 19.8 Å². The minimum atomic E-state index is -3.88. The first-order chi connectivity index (χ1) is 16.1. The van der Waals surface area contributed by atoms with Crippen LogP contribution >= 0.6 is 0 Å². The second-order valence-corrected chi connectivity index (χ2v) is 10.2. The van der Waals surface area contributed by atoms with E-state index in [-0.39, 0.29) is 29.2 Å². The van der Waals surface area contributed by atoms with Crippen LogP contribution in [0.4, 0.5) is 5.69 Å². The first-order valence-corrected chi connectivity index (χ1v) is 12.6. The Morgan fingerprint density at radius 3 is 2.38 bits per heavy atom. The highest BCUT2D eigenvalue weighted by atomic mass is 32.2. The molecule has 1 N–H and O–H groups in total. The lowest BCUT2D eigenvalue weighted by atomic mass is 9.93. The van der Waals surface area contributed by atoms with Crippen molar-refractivity contribution < 1.29 is 22.7 Å². The van der Waals surface area contributed by atoms with Crippen LogP contribution in [0.1, 0.15) is 41.3 Å². The summed E-state index contributed by atoms with van der Waals surface area (Å²) < 4.78 is 34.7. The molecule has 0 atom stereocenters. The molecular weight excluding hydrogens is 454 g/mol. The average molecular weight is 486 g/mol. The number of methoxy groups -OCH3 is 1. The Kier molecular flexibility index (Phi) is 8.22. The Hall–Kier alpha value is -3.04. The number of benzene rings is 2. The SMILES string of the molecule is COC(=O)CN1CCC(/C(C)=N\S(=O)(=O)c2ccc(NC(=O)c3ccccc3C)c(C)c2)CC1. The van der Waals surface area contributed by atoms with Crippen LogP contribution in [0.2, 0.25) is 0 Å². The summed E-state index contributed by atoms with van der Waals surface area (Å²) in [6, 6.07) is 11.9. The number of aryl methyl sites for hydroxylation is 2. The van der Waals surface area contributed by atoms with E-state index in [1.807, 2.05) is 24.0 Å². The van der Waals surface area contributed by atoms with Gasteiger partial charge in [-0.3, -0.25) is 14.5 Å². The number of carbonyl (C=O) groups is 2. The molecule has 1 amide bonds. The third kappa shape index (κ3) is 6.30. The Morgan fingerprint density at radius 2 is 1.76 bits per heavy atom. The van der Waals surface area contributed by atoms with Gasteiger partial charge in [-0.2, -0.15) is 12.8 Å². The zero-order chi connectivity index (χ0) is 24.9. The zero-order valence-electron chi connectivity index (χ0n) is 20.0. The van der Waals surface area contributed by atoms with Crippen molar-refractivity contribution in [1.82, 2.24) is 4.90 Å². The van der Waals surface area contributed by atoms with Crippen molar-refractivity contribution in [3.05, 3.63) is 59.2 Å². The van der Waals surface area contributed by atoms with Gasteiger partial charge in [0.1, 0.15) is 0 Å². The number of likely N-dealkylation sites (tertiary alicyclic amines) is 1. The van der Waals surface area contributed by atoms with Crippen molar-refractivity contribution in [3.8, 4) is 0 Å². The molecule has 0 aromatic heterocycles. The molecular formula is C25H31N3O5S. The Labute approximate surface area is 201 Å². The van der Waals surface area contributed by atoms with Crippen molar-refractivity contribution in [3.63, 3.8) is 0 Å². The summed E-state index contributed by atoms with van der Waals surface area (Å²) >= 11 is 0. The fourth-order valence-corrected chi connectivity index (χ4v) is 5.23. The highest BCUT2D eigenvalue weighted by molar-refractivity contribution is 7.90. The van der Waals surface area contributed by atoms with Gasteiger partial charge in [-0.05, 0) is 82.1 Å². The standard InChI is InChI=1S/C25H31N3O5S/c1-17-7-5-6-8-22(17)25(30)26-23-10-9-21(15-18(23)2)34(31,32)27-19(3)20-11-13-28(14-12-20)16-24(29)33-4/h5-10,15,20H,11-14,16H2,1-4H3,(H,26,30)/b27-19-. The molecule has 0 unspecified atom stereocenters. The predicted octanol–water partition coefficient (Wildman–Crippen LogP) is 3.59. The van der Waals surface area contributed by atoms with E-state index in [4.69, 9.17) is 4.74 Å². The van der Waals surface area contributed by atoms with Crippen LogP contribution in [0.25, 0.3) is 0 Å². The van der Waals surface area contributed by atoms with Crippen LogP contribution in [0.3, 0.4) is 0 Å². The van der Waals surface area contributed by atoms with E-state index in [0.717, 1.165) is 18.4 Å². The minimum absolute atomic E-state index is 0.0393. The Balaban J connectivity index is 1.69. The van der Waals surface area contributed by atoms with Gasteiger partial charge in [0.25, 0.3) is 15.9 Å². The van der Waals surface area contributed by atoms with Gasteiger partial charge in [0.2, 0.25) is 0 Å². The molecule has 182 valence electrons. The molecule has 0 bridgehead atoms. The second-order valence-electron chi connectivity index (χ2n) is 8.58. The molecule has 3 rings (SSSR count). The number of nitrogens with zero attached hydrogens (tertiary/aromatic N) is 2. The van der Waals surface area contributed by atoms with Crippen molar-refractivity contribution in [2.45, 2.75) is 38.5 Å². The second kappa shape index (κ2) is 10.9. The molecule has 34 heavy (non-hydrogen) atoms. The molecule has 9 heteroatoms. The van der Waals surface area contributed by atoms with Crippen molar-refractivity contribution in [2.75, 3.05) is 32.1 Å². The van der Waals surface area contributed by atoms with Gasteiger partial charge >= 0.3 is 5.97 Å². The number of hydrogen-bond donors (Lipinski definition) is 1. The van der Waals surface area contributed by atoms with Crippen molar-refractivity contribution in [1.29, 1.82) is 0 Å². The number of sulfonamides is 1. The topological polar surface area (TPSA) is 105 Å². The Morgan fingerprint density at radius 1 is 1.09 bits per heavy atom. The molecule has 0 radical (unpaired) electrons. The molecule has 2 aromatic rings. The summed E-state index contributed by atoms with van der Waals surface area (Å²) in [5.74, 6) is -0.484. The Bertz CT molecular complexity index is 1200. The van der Waals surface area contributed by atoms with Gasteiger partial charge in [0.05, 0.1) is 18.6 Å². The number of anilines is 1. The lowest BCUT2D eigenvalue weighted by molar-refractivity contribution is -0.142. The van der Waals surface area contributed by atoms with Crippen LogP contribution in [0.15, 0.2) is 51.8 Å². The summed E-state index contributed by atoms with van der Waals surface area (Å²) in [4.78, 5) is 26.1. The van der Waals surface area contributed by atoms with Gasteiger partial charge in [-0.25, -0.2) is 0 Å². The highest BCUT2D eigenvalue weighted by Crippen LogP contribution is 2.24. The van der Waals surface area contributed by atoms with Gasteiger partial charge in [0.15, 0.2) is 0 Å². The summed E-state index contributed by atoms with van der Waals surface area (Å²) in [5, 5.41) is 2.85. The number of rotatable bonds is 7. The quantitative estimate of drug-likeness (QED) is 0.475. The summed E-state index contributed by atoms with van der Waals surface area (Å²) in [6.45, 7) is 6.95. The minimum Gasteiger partial charge on any atom is -0.468 e. The van der Waals surface area contributed by atoms with Gasteiger partial charge in [0, 0.05) is 22.9 Å². The number of piperidine rings is 1. The van der Waals surface area contributed by atoms with E-state index >= 15 is 0 Å². The van der Waals surface area contributed by atoms with E-state index in [9.17, 15) is 18.0 Å². The first kappa shape index (κ1) is 25.6. The molecule has 1 heterocycles.